The van der Waals surface area contributed by atoms with Crippen LogP contribution in [0, 0.1) is 5.92 Å². The normalized spacial score (nSPS) is 18.9. The summed E-state index contributed by atoms with van der Waals surface area (Å²) in [6.45, 7) is -0.478. The molecule has 4 radical (unpaired) electrons. The van der Waals surface area contributed by atoms with E-state index in [-0.39, 0.29) is 11.4 Å². The van der Waals surface area contributed by atoms with Gasteiger partial charge in [-0.2, -0.15) is 18.3 Å². The molecule has 3 atom stereocenters. The van der Waals surface area contributed by atoms with Crippen molar-refractivity contribution in [1.29, 1.82) is 0 Å². The Kier molecular flexibility index (Phi) is 6.99. The number of hydrogen-bond donors (Lipinski definition) is 3. The highest BCUT2D eigenvalue weighted by Crippen LogP contribution is 2.30. The van der Waals surface area contributed by atoms with Gasteiger partial charge in [-0.3, -0.25) is 9.59 Å². The van der Waals surface area contributed by atoms with Crippen molar-refractivity contribution in [3.63, 3.8) is 0 Å². The SMILES string of the molecule is [B]C([B])(O)Oc1ncc(-c2ccc3c(N)ncnn23)cc1C(=O)N[C@@H]1CN(C(=O)C(C)C(F)(F)F)CC1F. The molecule has 0 spiro atoms. The molecule has 38 heavy (non-hydrogen) atoms. The lowest BCUT2D eigenvalue weighted by molar-refractivity contribution is -0.185. The third kappa shape index (κ3) is 5.51. The molecule has 1 saturated heterocycles. The van der Waals surface area contributed by atoms with E-state index in [2.05, 4.69) is 20.4 Å². The largest absolute Gasteiger partial charge is 0.465 e. The van der Waals surface area contributed by atoms with Crippen molar-refractivity contribution in [3.05, 3.63) is 36.3 Å². The number of amides is 2. The predicted molar refractivity (Wildman–Crippen MR) is 126 cm³/mol. The van der Waals surface area contributed by atoms with Gasteiger partial charge in [-0.25, -0.2) is 18.9 Å². The van der Waals surface area contributed by atoms with E-state index < -0.39 is 60.7 Å². The van der Waals surface area contributed by atoms with Crippen LogP contribution in [-0.2, 0) is 4.79 Å². The molecule has 196 valence electrons. The number of fused-ring (bicyclic) bond motifs is 1. The van der Waals surface area contributed by atoms with Crippen molar-refractivity contribution in [2.45, 2.75) is 30.9 Å². The number of nitrogen functional groups attached to an aromatic ring is 1. The van der Waals surface area contributed by atoms with E-state index >= 15 is 0 Å². The summed E-state index contributed by atoms with van der Waals surface area (Å²) in [5, 5.41) is 16.1. The number of carbonyl (C=O) groups is 2. The number of aliphatic hydroxyl groups is 1. The van der Waals surface area contributed by atoms with E-state index in [0.717, 1.165) is 0 Å². The summed E-state index contributed by atoms with van der Waals surface area (Å²) >= 11 is 0. The Labute approximate surface area is 215 Å². The molecule has 2 amide bonds. The van der Waals surface area contributed by atoms with Crippen molar-refractivity contribution in [2.24, 2.45) is 5.92 Å². The Morgan fingerprint density at radius 2 is 1.97 bits per heavy atom. The summed E-state index contributed by atoms with van der Waals surface area (Å²) in [5.74, 6) is -4.99. The maximum atomic E-state index is 14.7. The van der Waals surface area contributed by atoms with Crippen molar-refractivity contribution in [2.75, 3.05) is 18.8 Å². The third-order valence-corrected chi connectivity index (χ3v) is 5.87. The van der Waals surface area contributed by atoms with Crippen LogP contribution in [0.25, 0.3) is 16.8 Å². The summed E-state index contributed by atoms with van der Waals surface area (Å²) in [5.41, 5.74) is 3.93. The molecule has 0 saturated carbocycles. The first-order valence-corrected chi connectivity index (χ1v) is 11.0. The predicted octanol–water partition coefficient (Wildman–Crippen LogP) is 0.170. The molecule has 3 aromatic rings. The van der Waals surface area contributed by atoms with Gasteiger partial charge in [-0.15, -0.1) is 0 Å². The van der Waals surface area contributed by atoms with Crippen LogP contribution in [0.3, 0.4) is 0 Å². The smallest absolute Gasteiger partial charge is 0.400 e. The minimum absolute atomic E-state index is 0.183. The fourth-order valence-corrected chi connectivity index (χ4v) is 3.90. The zero-order valence-corrected chi connectivity index (χ0v) is 19.7. The van der Waals surface area contributed by atoms with Crippen molar-refractivity contribution >= 4 is 38.8 Å². The number of rotatable bonds is 6. The molecule has 2 unspecified atom stereocenters. The van der Waals surface area contributed by atoms with Crippen LogP contribution in [-0.4, -0.2) is 94.2 Å². The number of nitrogens with zero attached hydrogens (tertiary/aromatic N) is 5. The van der Waals surface area contributed by atoms with E-state index in [9.17, 15) is 32.3 Å². The Hall–Kier alpha value is -3.88. The van der Waals surface area contributed by atoms with Gasteiger partial charge in [-0.1, -0.05) is 0 Å². The van der Waals surface area contributed by atoms with E-state index in [1.807, 2.05) is 0 Å². The van der Waals surface area contributed by atoms with Crippen LogP contribution >= 0.6 is 0 Å². The van der Waals surface area contributed by atoms with Gasteiger partial charge in [0.25, 0.3) is 5.91 Å². The van der Waals surface area contributed by atoms with E-state index in [1.54, 1.807) is 12.1 Å². The van der Waals surface area contributed by atoms with Crippen molar-refractivity contribution < 1.29 is 37.0 Å². The second-order valence-corrected chi connectivity index (χ2v) is 8.69. The fraction of sp³-hybridized carbons (Fsp3) is 0.381. The lowest BCUT2D eigenvalue weighted by Crippen LogP contribution is -2.44. The van der Waals surface area contributed by atoms with Crippen molar-refractivity contribution in [3.8, 4) is 17.1 Å². The molecular weight excluding hydrogens is 512 g/mol. The lowest BCUT2D eigenvalue weighted by Gasteiger charge is -2.23. The van der Waals surface area contributed by atoms with E-state index in [0.29, 0.717) is 28.6 Å². The minimum atomic E-state index is -4.80. The van der Waals surface area contributed by atoms with Gasteiger partial charge in [0.2, 0.25) is 11.8 Å². The number of carbonyl (C=O) groups excluding carboxylic acids is 2. The first kappa shape index (κ1) is 27.2. The van der Waals surface area contributed by atoms with Crippen LogP contribution in [0.1, 0.15) is 17.3 Å². The average molecular weight is 531 g/mol. The maximum absolute atomic E-state index is 14.7. The van der Waals surface area contributed by atoms with Crippen molar-refractivity contribution in [1.82, 2.24) is 29.8 Å². The summed E-state index contributed by atoms with van der Waals surface area (Å²) in [6, 6.07) is 3.15. The topological polar surface area (TPSA) is 148 Å². The molecule has 4 N–H and O–H groups in total. The van der Waals surface area contributed by atoms with Crippen LogP contribution in [0.5, 0.6) is 5.88 Å². The lowest BCUT2D eigenvalue weighted by atomic mass is 9.76. The Morgan fingerprint density at radius 3 is 2.63 bits per heavy atom. The Bertz CT molecular complexity index is 1380. The number of ether oxygens (including phenoxy) is 1. The summed E-state index contributed by atoms with van der Waals surface area (Å²) in [4.78, 5) is 33.9. The maximum Gasteiger partial charge on any atom is 0.400 e. The first-order valence-electron chi connectivity index (χ1n) is 11.0. The molecular formula is C21H19B2F4N7O4. The van der Waals surface area contributed by atoms with Gasteiger partial charge in [0.1, 0.15) is 35.1 Å². The Morgan fingerprint density at radius 1 is 1.26 bits per heavy atom. The van der Waals surface area contributed by atoms with E-state index in [1.165, 1.54) is 23.1 Å². The van der Waals surface area contributed by atoms with Gasteiger partial charge in [-0.05, 0) is 25.1 Å². The van der Waals surface area contributed by atoms with Crippen LogP contribution in [0.4, 0.5) is 23.4 Å². The summed E-state index contributed by atoms with van der Waals surface area (Å²) < 4.78 is 59.9. The number of alkyl halides is 4. The zero-order chi connectivity index (χ0) is 28.0. The van der Waals surface area contributed by atoms with Crippen LogP contribution < -0.4 is 15.8 Å². The van der Waals surface area contributed by atoms with Gasteiger partial charge in [0.05, 0.1) is 18.3 Å². The molecule has 3 aromatic heterocycles. The average Bonchev–Trinajstić information content (AvgIpc) is 3.41. The fourth-order valence-electron chi connectivity index (χ4n) is 3.90. The van der Waals surface area contributed by atoms with Gasteiger partial charge < -0.3 is 25.8 Å². The third-order valence-electron chi connectivity index (χ3n) is 5.87. The number of nitrogens with one attached hydrogen (secondary N) is 1. The number of pyridine rings is 1. The molecule has 4 rings (SSSR count). The highest BCUT2D eigenvalue weighted by Gasteiger charge is 2.46. The highest BCUT2D eigenvalue weighted by molar-refractivity contribution is 6.37. The quantitative estimate of drug-likeness (QED) is 0.232. The molecule has 11 nitrogen and oxygen atoms in total. The molecule has 0 aliphatic carbocycles. The van der Waals surface area contributed by atoms with E-state index in [4.69, 9.17) is 26.2 Å². The second kappa shape index (κ2) is 9.78. The van der Waals surface area contributed by atoms with Crippen LogP contribution in [0.2, 0.25) is 0 Å². The molecule has 1 aliphatic rings. The summed E-state index contributed by atoms with van der Waals surface area (Å²) in [7, 11) is 10.5. The van der Waals surface area contributed by atoms with Gasteiger partial charge in [0, 0.05) is 18.3 Å². The second-order valence-electron chi connectivity index (χ2n) is 8.69. The number of aromatic nitrogens is 4. The standard InChI is InChI=1S/C21H19B2F4N7O4/c1-9(20(25,26)27)19(36)33-6-12(24)13(7-33)32-17(35)11-4-10(5-29-18(11)38-21(22,23)37)14-2-3-15-16(28)30-8-31-34(14)15/h2-5,8-9,12-13,37H,6-7H2,1H3,(H,32,35)(H2,28,30,31)/t9?,12?,13-/m1/s1. The molecule has 17 heteroatoms. The minimum Gasteiger partial charge on any atom is -0.465 e. The number of nitrogens with two attached hydrogens (primary N) is 1. The summed E-state index contributed by atoms with van der Waals surface area (Å²) in [6.07, 6.45) is -4.20. The van der Waals surface area contributed by atoms with Crippen LogP contribution in [0.15, 0.2) is 30.7 Å². The number of anilines is 1. The molecule has 0 bridgehead atoms. The van der Waals surface area contributed by atoms with Gasteiger partial charge >= 0.3 is 6.18 Å². The number of halogens is 4. The highest BCUT2D eigenvalue weighted by atomic mass is 19.4. The monoisotopic (exact) mass is 531 g/mol. The molecule has 1 aliphatic heterocycles. The molecule has 0 aromatic carbocycles. The number of hydrogen-bond acceptors (Lipinski definition) is 8. The zero-order valence-electron chi connectivity index (χ0n) is 19.7. The Balaban J connectivity index is 1.63. The molecule has 4 heterocycles. The number of likely N-dealkylation sites (tertiary alicyclic amines) is 1. The first-order chi connectivity index (χ1) is 17.7. The molecule has 1 fully saturated rings. The van der Waals surface area contributed by atoms with Gasteiger partial charge in [0.15, 0.2) is 21.5 Å².